The molecule has 0 aliphatic heterocycles. The van der Waals surface area contributed by atoms with E-state index in [2.05, 4.69) is 10.3 Å². The maximum Gasteiger partial charge on any atom is 0.293 e. The summed E-state index contributed by atoms with van der Waals surface area (Å²) in [7, 11) is 0. The van der Waals surface area contributed by atoms with Crippen molar-refractivity contribution >= 4 is 28.0 Å². The molecule has 0 aliphatic carbocycles. The summed E-state index contributed by atoms with van der Waals surface area (Å²) in [5.74, 6) is 0. The molecule has 102 valence electrons. The van der Waals surface area contributed by atoms with Gasteiger partial charge in [-0.05, 0) is 36.4 Å². The van der Waals surface area contributed by atoms with E-state index in [9.17, 15) is 10.1 Å². The smallest absolute Gasteiger partial charge is 0.293 e. The molecule has 0 saturated carbocycles. The Morgan fingerprint density at radius 3 is 2.81 bits per heavy atom. The van der Waals surface area contributed by atoms with Crippen LogP contribution in [-0.2, 0) is 0 Å². The van der Waals surface area contributed by atoms with Crippen molar-refractivity contribution < 1.29 is 4.92 Å². The average molecular weight is 278 g/mol. The number of nitrogens with one attached hydrogen (secondary N) is 2. The topological polar surface area (TPSA) is 94.8 Å². The number of nitrogens with zero attached hydrogens (tertiary/aromatic N) is 2. The first-order valence-electron chi connectivity index (χ1n) is 6.20. The van der Waals surface area contributed by atoms with Crippen molar-refractivity contribution in [1.29, 1.82) is 5.26 Å². The highest BCUT2D eigenvalue weighted by atomic mass is 16.6. The second-order valence-electron chi connectivity index (χ2n) is 4.51. The fraction of sp³-hybridized carbons (Fsp3) is 0. The SMILES string of the molecule is N#Cc1ccc(Nc2ccc3[nH]ccc3c2)c([N+](=O)[O-])c1. The third kappa shape index (κ3) is 2.40. The van der Waals surface area contributed by atoms with Crippen LogP contribution in [0.1, 0.15) is 5.56 Å². The molecule has 1 heterocycles. The first kappa shape index (κ1) is 12.7. The van der Waals surface area contributed by atoms with Gasteiger partial charge in [-0.15, -0.1) is 0 Å². The quantitative estimate of drug-likeness (QED) is 0.564. The number of nitriles is 1. The Labute approximate surface area is 119 Å². The van der Waals surface area contributed by atoms with Gasteiger partial charge in [0.15, 0.2) is 0 Å². The maximum absolute atomic E-state index is 11.1. The standard InChI is InChI=1S/C15H10N4O2/c16-9-10-1-3-14(15(7-10)19(20)21)18-12-2-4-13-11(8-12)5-6-17-13/h1-8,17-18H. The largest absolute Gasteiger partial charge is 0.361 e. The summed E-state index contributed by atoms with van der Waals surface area (Å²) in [5, 5.41) is 24.0. The van der Waals surface area contributed by atoms with E-state index in [1.54, 1.807) is 6.07 Å². The molecule has 0 spiro atoms. The van der Waals surface area contributed by atoms with Crippen molar-refractivity contribution in [3.63, 3.8) is 0 Å². The maximum atomic E-state index is 11.1. The molecule has 0 aliphatic rings. The van der Waals surface area contributed by atoms with Gasteiger partial charge in [0.1, 0.15) is 5.69 Å². The molecular weight excluding hydrogens is 268 g/mol. The van der Waals surface area contributed by atoms with E-state index in [-0.39, 0.29) is 11.3 Å². The Morgan fingerprint density at radius 1 is 1.19 bits per heavy atom. The van der Waals surface area contributed by atoms with E-state index in [0.717, 1.165) is 16.6 Å². The number of nitro benzene ring substituents is 1. The molecule has 6 nitrogen and oxygen atoms in total. The lowest BCUT2D eigenvalue weighted by atomic mass is 10.1. The van der Waals surface area contributed by atoms with Crippen molar-refractivity contribution in [3.05, 3.63) is 64.3 Å². The summed E-state index contributed by atoms with van der Waals surface area (Å²) >= 11 is 0. The number of aromatic amines is 1. The highest BCUT2D eigenvalue weighted by Crippen LogP contribution is 2.29. The monoisotopic (exact) mass is 278 g/mol. The highest BCUT2D eigenvalue weighted by molar-refractivity contribution is 5.84. The third-order valence-corrected chi connectivity index (χ3v) is 3.16. The van der Waals surface area contributed by atoms with Crippen LogP contribution in [0.3, 0.4) is 0 Å². The summed E-state index contributed by atoms with van der Waals surface area (Å²) in [6, 6.07) is 13.8. The lowest BCUT2D eigenvalue weighted by Gasteiger charge is -2.07. The zero-order valence-corrected chi connectivity index (χ0v) is 10.8. The van der Waals surface area contributed by atoms with Gasteiger partial charge < -0.3 is 10.3 Å². The minimum atomic E-state index is -0.502. The second kappa shape index (κ2) is 4.98. The summed E-state index contributed by atoms with van der Waals surface area (Å²) in [6.07, 6.45) is 1.83. The summed E-state index contributed by atoms with van der Waals surface area (Å²) in [6.45, 7) is 0. The lowest BCUT2D eigenvalue weighted by molar-refractivity contribution is -0.383. The Morgan fingerprint density at radius 2 is 2.05 bits per heavy atom. The van der Waals surface area contributed by atoms with E-state index in [4.69, 9.17) is 5.26 Å². The summed E-state index contributed by atoms with van der Waals surface area (Å²) in [4.78, 5) is 13.7. The van der Waals surface area contributed by atoms with Gasteiger partial charge in [-0.1, -0.05) is 0 Å². The van der Waals surface area contributed by atoms with Crippen LogP contribution in [-0.4, -0.2) is 9.91 Å². The minimum Gasteiger partial charge on any atom is -0.361 e. The number of rotatable bonds is 3. The van der Waals surface area contributed by atoms with Crippen molar-refractivity contribution in [2.75, 3.05) is 5.32 Å². The molecule has 2 aromatic carbocycles. The van der Waals surface area contributed by atoms with Crippen LogP contribution < -0.4 is 5.32 Å². The van der Waals surface area contributed by atoms with Crippen LogP contribution in [0.2, 0.25) is 0 Å². The van der Waals surface area contributed by atoms with Crippen molar-refractivity contribution in [1.82, 2.24) is 4.98 Å². The van der Waals surface area contributed by atoms with Crippen LogP contribution in [0.25, 0.3) is 10.9 Å². The number of H-pyrrole nitrogens is 1. The van der Waals surface area contributed by atoms with Crippen LogP contribution in [0.15, 0.2) is 48.7 Å². The average Bonchev–Trinajstić information content (AvgIpc) is 2.95. The summed E-state index contributed by atoms with van der Waals surface area (Å²) < 4.78 is 0. The van der Waals surface area contributed by atoms with E-state index in [0.29, 0.717) is 5.69 Å². The molecule has 1 aromatic heterocycles. The van der Waals surface area contributed by atoms with Crippen molar-refractivity contribution in [2.45, 2.75) is 0 Å². The Kier molecular flexibility index (Phi) is 3.01. The van der Waals surface area contributed by atoms with Gasteiger partial charge >= 0.3 is 0 Å². The van der Waals surface area contributed by atoms with E-state index >= 15 is 0 Å². The van der Waals surface area contributed by atoms with E-state index in [1.807, 2.05) is 36.5 Å². The number of anilines is 2. The molecule has 0 fully saturated rings. The van der Waals surface area contributed by atoms with Gasteiger partial charge in [0.05, 0.1) is 16.6 Å². The predicted molar refractivity (Wildman–Crippen MR) is 79.4 cm³/mol. The number of aromatic nitrogens is 1. The number of fused-ring (bicyclic) bond motifs is 1. The zero-order valence-electron chi connectivity index (χ0n) is 10.8. The predicted octanol–water partition coefficient (Wildman–Crippen LogP) is 3.69. The number of nitro groups is 1. The van der Waals surface area contributed by atoms with Gasteiger partial charge in [-0.2, -0.15) is 5.26 Å². The molecule has 0 saturated heterocycles. The van der Waals surface area contributed by atoms with Gasteiger partial charge in [0.2, 0.25) is 0 Å². The van der Waals surface area contributed by atoms with Crippen LogP contribution in [0.4, 0.5) is 17.1 Å². The molecule has 0 radical (unpaired) electrons. The summed E-state index contributed by atoms with van der Waals surface area (Å²) in [5.41, 5.74) is 2.23. The zero-order chi connectivity index (χ0) is 14.8. The minimum absolute atomic E-state index is 0.122. The number of hydrogen-bond donors (Lipinski definition) is 2. The molecule has 0 bridgehead atoms. The molecule has 0 atom stereocenters. The molecule has 0 amide bonds. The number of hydrogen-bond acceptors (Lipinski definition) is 4. The number of benzene rings is 2. The van der Waals surface area contributed by atoms with Gasteiger partial charge in [-0.3, -0.25) is 10.1 Å². The van der Waals surface area contributed by atoms with E-state index < -0.39 is 4.92 Å². The van der Waals surface area contributed by atoms with Gasteiger partial charge in [0.25, 0.3) is 5.69 Å². The Bertz CT molecular complexity index is 877. The second-order valence-corrected chi connectivity index (χ2v) is 4.51. The van der Waals surface area contributed by atoms with Crippen LogP contribution in [0, 0.1) is 21.4 Å². The lowest BCUT2D eigenvalue weighted by Crippen LogP contribution is -1.97. The first-order valence-corrected chi connectivity index (χ1v) is 6.20. The Balaban J connectivity index is 2.00. The molecular formula is C15H10N4O2. The fourth-order valence-corrected chi connectivity index (χ4v) is 2.14. The third-order valence-electron chi connectivity index (χ3n) is 3.16. The normalized spacial score (nSPS) is 10.2. The fourth-order valence-electron chi connectivity index (χ4n) is 2.14. The first-order chi connectivity index (χ1) is 10.2. The molecule has 3 aromatic rings. The molecule has 6 heteroatoms. The van der Waals surface area contributed by atoms with Gasteiger partial charge in [-0.25, -0.2) is 0 Å². The van der Waals surface area contributed by atoms with E-state index in [1.165, 1.54) is 12.1 Å². The van der Waals surface area contributed by atoms with Gasteiger partial charge in [0, 0.05) is 28.9 Å². The van der Waals surface area contributed by atoms with Crippen molar-refractivity contribution in [2.24, 2.45) is 0 Å². The molecule has 3 rings (SSSR count). The van der Waals surface area contributed by atoms with Crippen molar-refractivity contribution in [3.8, 4) is 6.07 Å². The molecule has 0 unspecified atom stereocenters. The van der Waals surface area contributed by atoms with Crippen LogP contribution >= 0.6 is 0 Å². The van der Waals surface area contributed by atoms with Crippen LogP contribution in [0.5, 0.6) is 0 Å². The highest BCUT2D eigenvalue weighted by Gasteiger charge is 2.15. The molecule has 21 heavy (non-hydrogen) atoms. The Hall–Kier alpha value is -3.33. The molecule has 2 N–H and O–H groups in total.